The first-order valence-corrected chi connectivity index (χ1v) is 5.47. The number of carbonyl (C=O) groups is 2. The van der Waals surface area contributed by atoms with Crippen LogP contribution in [0.2, 0.25) is 0 Å². The van der Waals surface area contributed by atoms with E-state index in [2.05, 4.69) is 0 Å². The minimum absolute atomic E-state index is 0.00556. The van der Waals surface area contributed by atoms with Gasteiger partial charge in [0.2, 0.25) is 0 Å². The van der Waals surface area contributed by atoms with Crippen molar-refractivity contribution in [2.24, 2.45) is 0 Å². The maximum atomic E-state index is 12.3. The Morgan fingerprint density at radius 1 is 1.26 bits per heavy atom. The summed E-state index contributed by atoms with van der Waals surface area (Å²) in [6.45, 7) is -1.49. The van der Waals surface area contributed by atoms with Gasteiger partial charge in [-0.05, 0) is 18.2 Å². The van der Waals surface area contributed by atoms with Crippen molar-refractivity contribution in [3.8, 4) is 0 Å². The predicted octanol–water partition coefficient (Wildman–Crippen LogP) is 1.08. The number of aromatic carboxylic acids is 1. The van der Waals surface area contributed by atoms with E-state index in [1.165, 1.54) is 18.2 Å². The normalized spacial score (nSPS) is 10.5. The lowest BCUT2D eigenvalue weighted by Gasteiger charge is -2.21. The summed E-state index contributed by atoms with van der Waals surface area (Å²) in [6, 6.07) is 5.10. The first-order chi connectivity index (χ1) is 8.95. The van der Waals surface area contributed by atoms with Gasteiger partial charge in [0.1, 0.15) is 0 Å². The quantitative estimate of drug-likeness (QED) is 0.813. The summed E-state index contributed by atoms with van der Waals surface area (Å²) in [5.41, 5.74) is -0.110. The minimum Gasteiger partial charge on any atom is -0.478 e. The molecular weight excluding hydrogens is 260 g/mol. The SMILES string of the molecule is O=C(O)c1cccc(C(=O)N(CCO)CC(F)F)c1. The zero-order valence-electron chi connectivity index (χ0n) is 9.92. The number of halogens is 2. The Balaban J connectivity index is 2.95. The summed E-state index contributed by atoms with van der Waals surface area (Å²) in [5.74, 6) is -1.95. The van der Waals surface area contributed by atoms with E-state index in [4.69, 9.17) is 10.2 Å². The van der Waals surface area contributed by atoms with Gasteiger partial charge in [0.15, 0.2) is 0 Å². The molecule has 0 aliphatic heterocycles. The van der Waals surface area contributed by atoms with Crippen LogP contribution >= 0.6 is 0 Å². The van der Waals surface area contributed by atoms with Crippen LogP contribution in [-0.4, -0.2) is 53.1 Å². The molecule has 0 aliphatic rings. The van der Waals surface area contributed by atoms with Crippen molar-refractivity contribution < 1.29 is 28.6 Å². The third kappa shape index (κ3) is 4.29. The average Bonchev–Trinajstić information content (AvgIpc) is 2.37. The number of carbonyl (C=O) groups excluding carboxylic acids is 1. The Kier molecular flexibility index (Phi) is 5.37. The van der Waals surface area contributed by atoms with Gasteiger partial charge in [-0.3, -0.25) is 4.79 Å². The molecule has 0 aromatic heterocycles. The number of aliphatic hydroxyl groups excluding tert-OH is 1. The summed E-state index contributed by atoms with van der Waals surface area (Å²) >= 11 is 0. The van der Waals surface area contributed by atoms with E-state index in [9.17, 15) is 18.4 Å². The van der Waals surface area contributed by atoms with Crippen molar-refractivity contribution in [3.63, 3.8) is 0 Å². The Morgan fingerprint density at radius 3 is 2.42 bits per heavy atom. The van der Waals surface area contributed by atoms with Crippen molar-refractivity contribution in [1.82, 2.24) is 4.90 Å². The van der Waals surface area contributed by atoms with Crippen LogP contribution in [0.25, 0.3) is 0 Å². The van der Waals surface area contributed by atoms with Gasteiger partial charge in [0.05, 0.1) is 18.7 Å². The molecule has 0 spiro atoms. The number of nitrogens with zero attached hydrogens (tertiary/aromatic N) is 1. The van der Waals surface area contributed by atoms with Crippen LogP contribution in [0, 0.1) is 0 Å². The van der Waals surface area contributed by atoms with Gasteiger partial charge in [-0.1, -0.05) is 6.07 Å². The highest BCUT2D eigenvalue weighted by molar-refractivity contribution is 5.97. The van der Waals surface area contributed by atoms with Crippen molar-refractivity contribution >= 4 is 11.9 Å². The van der Waals surface area contributed by atoms with E-state index >= 15 is 0 Å². The highest BCUT2D eigenvalue weighted by Crippen LogP contribution is 2.10. The van der Waals surface area contributed by atoms with Crippen molar-refractivity contribution in [3.05, 3.63) is 35.4 Å². The molecule has 19 heavy (non-hydrogen) atoms. The van der Waals surface area contributed by atoms with Gasteiger partial charge >= 0.3 is 5.97 Å². The molecule has 0 aliphatic carbocycles. The number of carboxylic acids is 1. The highest BCUT2D eigenvalue weighted by atomic mass is 19.3. The van der Waals surface area contributed by atoms with E-state index in [-0.39, 0.29) is 17.7 Å². The molecule has 1 amide bonds. The van der Waals surface area contributed by atoms with Gasteiger partial charge in [-0.15, -0.1) is 0 Å². The van der Waals surface area contributed by atoms with E-state index in [1.54, 1.807) is 0 Å². The topological polar surface area (TPSA) is 77.8 Å². The molecule has 0 saturated heterocycles. The zero-order chi connectivity index (χ0) is 14.4. The fraction of sp³-hybridized carbons (Fsp3) is 0.333. The lowest BCUT2D eigenvalue weighted by molar-refractivity contribution is 0.0509. The van der Waals surface area contributed by atoms with Crippen LogP contribution in [-0.2, 0) is 0 Å². The van der Waals surface area contributed by atoms with Gasteiger partial charge in [-0.2, -0.15) is 0 Å². The molecule has 0 saturated carbocycles. The molecule has 0 radical (unpaired) electrons. The third-order valence-corrected chi connectivity index (χ3v) is 2.37. The predicted molar refractivity (Wildman–Crippen MR) is 62.4 cm³/mol. The first kappa shape index (κ1) is 15.0. The van der Waals surface area contributed by atoms with Crippen LogP contribution in [0.1, 0.15) is 20.7 Å². The van der Waals surface area contributed by atoms with Crippen LogP contribution < -0.4 is 0 Å². The smallest absolute Gasteiger partial charge is 0.335 e. The highest BCUT2D eigenvalue weighted by Gasteiger charge is 2.20. The molecule has 7 heteroatoms. The molecule has 0 unspecified atom stereocenters. The fourth-order valence-corrected chi connectivity index (χ4v) is 1.53. The Bertz CT molecular complexity index is 465. The van der Waals surface area contributed by atoms with Crippen LogP contribution in [0.15, 0.2) is 24.3 Å². The van der Waals surface area contributed by atoms with Crippen LogP contribution in [0.5, 0.6) is 0 Å². The van der Waals surface area contributed by atoms with Crippen LogP contribution in [0.3, 0.4) is 0 Å². The van der Waals surface area contributed by atoms with Gasteiger partial charge in [0.25, 0.3) is 12.3 Å². The summed E-state index contributed by atoms with van der Waals surface area (Å²) in [5, 5.41) is 17.5. The number of alkyl halides is 2. The number of carboxylic acid groups (broad SMARTS) is 1. The van der Waals surface area contributed by atoms with Crippen molar-refractivity contribution in [2.75, 3.05) is 19.7 Å². The maximum absolute atomic E-state index is 12.3. The van der Waals surface area contributed by atoms with Gasteiger partial charge in [-0.25, -0.2) is 13.6 Å². The van der Waals surface area contributed by atoms with E-state index < -0.39 is 31.5 Å². The summed E-state index contributed by atoms with van der Waals surface area (Å²) in [4.78, 5) is 23.5. The Morgan fingerprint density at radius 2 is 1.89 bits per heavy atom. The summed E-state index contributed by atoms with van der Waals surface area (Å²) in [7, 11) is 0. The maximum Gasteiger partial charge on any atom is 0.335 e. The molecule has 1 rings (SSSR count). The first-order valence-electron chi connectivity index (χ1n) is 5.47. The Labute approximate surface area is 108 Å². The Hall–Kier alpha value is -2.02. The third-order valence-electron chi connectivity index (χ3n) is 2.37. The minimum atomic E-state index is -2.72. The fourth-order valence-electron chi connectivity index (χ4n) is 1.53. The van der Waals surface area contributed by atoms with Crippen molar-refractivity contribution in [2.45, 2.75) is 6.43 Å². The molecule has 2 N–H and O–H groups in total. The number of hydrogen-bond acceptors (Lipinski definition) is 3. The molecule has 0 fully saturated rings. The number of rotatable bonds is 6. The van der Waals surface area contributed by atoms with Crippen molar-refractivity contribution in [1.29, 1.82) is 0 Å². The number of benzene rings is 1. The second-order valence-electron chi connectivity index (χ2n) is 3.75. The second-order valence-corrected chi connectivity index (χ2v) is 3.75. The van der Waals surface area contributed by atoms with Gasteiger partial charge < -0.3 is 15.1 Å². The van der Waals surface area contributed by atoms with Gasteiger partial charge in [0, 0.05) is 12.1 Å². The van der Waals surface area contributed by atoms with E-state index in [0.29, 0.717) is 0 Å². The molecular formula is C12H13F2NO4. The molecule has 1 aromatic rings. The summed E-state index contributed by atoms with van der Waals surface area (Å²) < 4.78 is 24.6. The number of aliphatic hydroxyl groups is 1. The average molecular weight is 273 g/mol. The van der Waals surface area contributed by atoms with E-state index in [1.807, 2.05) is 0 Å². The standard InChI is InChI=1S/C12H13F2NO4/c13-10(14)7-15(4-5-16)11(17)8-2-1-3-9(6-8)12(18)19/h1-3,6,10,16H,4-5,7H2,(H,18,19). The zero-order valence-corrected chi connectivity index (χ0v) is 9.92. The molecule has 0 heterocycles. The molecule has 1 aromatic carbocycles. The molecule has 0 bridgehead atoms. The second kappa shape index (κ2) is 6.79. The number of hydrogen-bond donors (Lipinski definition) is 2. The lowest BCUT2D eigenvalue weighted by atomic mass is 10.1. The monoisotopic (exact) mass is 273 g/mol. The van der Waals surface area contributed by atoms with E-state index in [0.717, 1.165) is 11.0 Å². The summed E-state index contributed by atoms with van der Waals surface area (Å²) in [6.07, 6.45) is -2.72. The molecule has 5 nitrogen and oxygen atoms in total. The number of amides is 1. The largest absolute Gasteiger partial charge is 0.478 e. The lowest BCUT2D eigenvalue weighted by Crippen LogP contribution is -2.37. The molecule has 104 valence electrons. The molecule has 0 atom stereocenters. The van der Waals surface area contributed by atoms with Crippen LogP contribution in [0.4, 0.5) is 8.78 Å².